The molecule has 1 aliphatic carbocycles. The average molecular weight is 268 g/mol. The van der Waals surface area contributed by atoms with Crippen molar-refractivity contribution < 1.29 is 9.53 Å². The highest BCUT2D eigenvalue weighted by Crippen LogP contribution is 2.28. The number of rotatable bonds is 7. The number of aryl methyl sites for hydroxylation is 1. The Labute approximate surface area is 112 Å². The monoisotopic (exact) mass is 268 g/mol. The number of carbonyl (C=O) groups excluding carboxylic acids is 1. The quantitative estimate of drug-likeness (QED) is 0.711. The molecule has 18 heavy (non-hydrogen) atoms. The molecular weight excluding hydrogens is 248 g/mol. The summed E-state index contributed by atoms with van der Waals surface area (Å²) in [7, 11) is 0. The summed E-state index contributed by atoms with van der Waals surface area (Å²) in [5, 5.41) is 3.26. The second kappa shape index (κ2) is 6.29. The van der Waals surface area contributed by atoms with E-state index in [1.54, 1.807) is 11.3 Å². The topological polar surface area (TPSA) is 42.4 Å². The van der Waals surface area contributed by atoms with Gasteiger partial charge in [0.1, 0.15) is 0 Å². The number of thiazole rings is 1. The van der Waals surface area contributed by atoms with Gasteiger partial charge in [-0.3, -0.25) is 9.69 Å². The third kappa shape index (κ3) is 3.78. The van der Waals surface area contributed by atoms with Gasteiger partial charge >= 0.3 is 5.97 Å². The van der Waals surface area contributed by atoms with Crippen molar-refractivity contribution in [1.82, 2.24) is 9.88 Å². The van der Waals surface area contributed by atoms with Gasteiger partial charge in [-0.2, -0.15) is 0 Å². The summed E-state index contributed by atoms with van der Waals surface area (Å²) in [6.07, 6.45) is 3.35. The molecule has 0 spiro atoms. The first-order valence-corrected chi connectivity index (χ1v) is 7.43. The molecule has 0 atom stereocenters. The minimum Gasteiger partial charge on any atom is -0.465 e. The molecular formula is C13H20N2O2S. The van der Waals surface area contributed by atoms with Gasteiger partial charge in [0.2, 0.25) is 0 Å². The number of hydrogen-bond acceptors (Lipinski definition) is 5. The molecule has 0 aliphatic heterocycles. The zero-order valence-corrected chi connectivity index (χ0v) is 11.8. The van der Waals surface area contributed by atoms with Crippen LogP contribution in [0.2, 0.25) is 0 Å². The van der Waals surface area contributed by atoms with Crippen LogP contribution in [0, 0.1) is 0 Å². The average Bonchev–Trinajstić information content (AvgIpc) is 3.10. The van der Waals surface area contributed by atoms with Crippen LogP contribution in [-0.4, -0.2) is 35.0 Å². The first-order valence-electron chi connectivity index (χ1n) is 6.55. The Kier molecular flexibility index (Phi) is 4.72. The minimum absolute atomic E-state index is 0.129. The maximum absolute atomic E-state index is 11.6. The normalized spacial score (nSPS) is 15.1. The van der Waals surface area contributed by atoms with Gasteiger partial charge in [-0.05, 0) is 26.2 Å². The molecule has 0 amide bonds. The largest absolute Gasteiger partial charge is 0.465 e. The highest BCUT2D eigenvalue weighted by Gasteiger charge is 2.31. The van der Waals surface area contributed by atoms with Gasteiger partial charge in [-0.1, -0.05) is 6.92 Å². The van der Waals surface area contributed by atoms with Crippen LogP contribution in [-0.2, 0) is 22.5 Å². The van der Waals surface area contributed by atoms with E-state index in [-0.39, 0.29) is 5.97 Å². The lowest BCUT2D eigenvalue weighted by Gasteiger charge is -2.19. The molecule has 1 heterocycles. The zero-order chi connectivity index (χ0) is 13.0. The fraction of sp³-hybridized carbons (Fsp3) is 0.692. The van der Waals surface area contributed by atoms with Gasteiger partial charge in [0, 0.05) is 18.0 Å². The van der Waals surface area contributed by atoms with Gasteiger partial charge in [0.15, 0.2) is 0 Å². The highest BCUT2D eigenvalue weighted by molar-refractivity contribution is 7.09. The van der Waals surface area contributed by atoms with E-state index in [0.717, 1.165) is 23.7 Å². The molecule has 100 valence electrons. The minimum atomic E-state index is -0.129. The smallest absolute Gasteiger partial charge is 0.320 e. The van der Waals surface area contributed by atoms with Crippen molar-refractivity contribution in [2.24, 2.45) is 0 Å². The van der Waals surface area contributed by atoms with E-state index in [4.69, 9.17) is 4.74 Å². The maximum atomic E-state index is 11.6. The molecule has 1 aliphatic rings. The van der Waals surface area contributed by atoms with Gasteiger partial charge in [-0.15, -0.1) is 11.3 Å². The van der Waals surface area contributed by atoms with Crippen LogP contribution in [0.25, 0.3) is 0 Å². The van der Waals surface area contributed by atoms with Crippen LogP contribution in [0.1, 0.15) is 37.4 Å². The van der Waals surface area contributed by atoms with Gasteiger partial charge in [-0.25, -0.2) is 4.98 Å². The van der Waals surface area contributed by atoms with Crippen LogP contribution in [0.15, 0.2) is 5.38 Å². The first-order chi connectivity index (χ1) is 8.72. The molecule has 2 rings (SSSR count). The molecule has 0 bridgehead atoms. The van der Waals surface area contributed by atoms with E-state index < -0.39 is 0 Å². The van der Waals surface area contributed by atoms with Crippen molar-refractivity contribution in [3.8, 4) is 0 Å². The standard InChI is InChI=1S/C13H20N2O2S/c1-3-12-14-10(9-18-12)7-15(11-5-6-11)8-13(16)17-4-2/h9,11H,3-8H2,1-2H3. The van der Waals surface area contributed by atoms with E-state index >= 15 is 0 Å². The second-order valence-corrected chi connectivity index (χ2v) is 5.47. The Morgan fingerprint density at radius 2 is 2.33 bits per heavy atom. The SMILES string of the molecule is CCOC(=O)CN(Cc1csc(CC)n1)C1CC1. The summed E-state index contributed by atoms with van der Waals surface area (Å²) < 4.78 is 5.02. The van der Waals surface area contributed by atoms with Crippen LogP contribution >= 0.6 is 11.3 Å². The highest BCUT2D eigenvalue weighted by atomic mass is 32.1. The van der Waals surface area contributed by atoms with Gasteiger partial charge in [0.05, 0.1) is 23.9 Å². The van der Waals surface area contributed by atoms with Crippen molar-refractivity contribution in [3.05, 3.63) is 16.1 Å². The molecule has 0 aromatic carbocycles. The third-order valence-electron chi connectivity index (χ3n) is 2.97. The van der Waals surface area contributed by atoms with Crippen molar-refractivity contribution in [2.75, 3.05) is 13.2 Å². The Balaban J connectivity index is 1.91. The van der Waals surface area contributed by atoms with Crippen molar-refractivity contribution in [1.29, 1.82) is 0 Å². The molecule has 1 fully saturated rings. The van der Waals surface area contributed by atoms with E-state index in [1.807, 2.05) is 6.92 Å². The van der Waals surface area contributed by atoms with Crippen LogP contribution in [0.5, 0.6) is 0 Å². The van der Waals surface area contributed by atoms with Crippen LogP contribution in [0.4, 0.5) is 0 Å². The maximum Gasteiger partial charge on any atom is 0.320 e. The van der Waals surface area contributed by atoms with E-state index in [9.17, 15) is 4.79 Å². The molecule has 5 heteroatoms. The summed E-state index contributed by atoms with van der Waals surface area (Å²) in [5.41, 5.74) is 1.08. The molecule has 1 saturated carbocycles. The van der Waals surface area contributed by atoms with Crippen LogP contribution < -0.4 is 0 Å². The summed E-state index contributed by atoms with van der Waals surface area (Å²) in [6.45, 7) is 5.55. The number of esters is 1. The number of carbonyl (C=O) groups is 1. The number of hydrogen-bond donors (Lipinski definition) is 0. The Hall–Kier alpha value is -0.940. The van der Waals surface area contributed by atoms with E-state index in [1.165, 1.54) is 12.8 Å². The van der Waals surface area contributed by atoms with Gasteiger partial charge in [0.25, 0.3) is 0 Å². The first kappa shape index (κ1) is 13.5. The lowest BCUT2D eigenvalue weighted by molar-refractivity contribution is -0.144. The molecule has 0 N–H and O–H groups in total. The lowest BCUT2D eigenvalue weighted by atomic mass is 10.4. The predicted molar refractivity (Wildman–Crippen MR) is 71.6 cm³/mol. The molecule has 1 aromatic heterocycles. The summed E-state index contributed by atoms with van der Waals surface area (Å²) in [6, 6.07) is 0.543. The molecule has 1 aromatic rings. The Bertz CT molecular complexity index is 401. The molecule has 4 nitrogen and oxygen atoms in total. The Morgan fingerprint density at radius 1 is 1.56 bits per heavy atom. The van der Waals surface area contributed by atoms with Crippen molar-refractivity contribution >= 4 is 17.3 Å². The fourth-order valence-corrected chi connectivity index (χ4v) is 2.65. The zero-order valence-electron chi connectivity index (χ0n) is 11.0. The predicted octanol–water partition coefficient (Wildman–Crippen LogP) is 2.23. The van der Waals surface area contributed by atoms with Crippen molar-refractivity contribution in [2.45, 2.75) is 45.7 Å². The van der Waals surface area contributed by atoms with E-state index in [2.05, 4.69) is 22.2 Å². The number of ether oxygens (including phenoxy) is 1. The summed E-state index contributed by atoms with van der Waals surface area (Å²) in [4.78, 5) is 18.3. The third-order valence-corrected chi connectivity index (χ3v) is 4.01. The molecule has 0 radical (unpaired) electrons. The van der Waals surface area contributed by atoms with Crippen molar-refractivity contribution in [3.63, 3.8) is 0 Å². The molecule has 0 unspecified atom stereocenters. The second-order valence-electron chi connectivity index (χ2n) is 4.53. The number of nitrogens with zero attached hydrogens (tertiary/aromatic N) is 2. The molecule has 0 saturated heterocycles. The van der Waals surface area contributed by atoms with Crippen LogP contribution in [0.3, 0.4) is 0 Å². The van der Waals surface area contributed by atoms with Gasteiger partial charge < -0.3 is 4.74 Å². The summed E-state index contributed by atoms with van der Waals surface area (Å²) in [5.74, 6) is -0.129. The van der Waals surface area contributed by atoms with E-state index in [0.29, 0.717) is 19.2 Å². The summed E-state index contributed by atoms with van der Waals surface area (Å²) >= 11 is 1.70. The number of aromatic nitrogens is 1. The lowest BCUT2D eigenvalue weighted by Crippen LogP contribution is -2.32. The fourth-order valence-electron chi connectivity index (χ4n) is 1.92. The Morgan fingerprint density at radius 3 is 2.89 bits per heavy atom.